The zero-order valence-corrected chi connectivity index (χ0v) is 11.5. The Balaban J connectivity index is 2.26. The Hall–Kier alpha value is -2.22. The first kappa shape index (κ1) is 15.2. The summed E-state index contributed by atoms with van der Waals surface area (Å²) in [4.78, 5) is 25.4. The fraction of sp³-hybridized carbons (Fsp3) is 0.538. The Bertz CT molecular complexity index is 549. The second-order valence-corrected chi connectivity index (χ2v) is 5.13. The summed E-state index contributed by atoms with van der Waals surface area (Å²) in [5.41, 5.74) is 10.9. The van der Waals surface area contributed by atoms with Crippen LogP contribution in [0.4, 0.5) is 5.69 Å². The van der Waals surface area contributed by atoms with Gasteiger partial charge in [0.15, 0.2) is 0 Å². The van der Waals surface area contributed by atoms with Crippen LogP contribution in [0.1, 0.15) is 42.5 Å². The van der Waals surface area contributed by atoms with Crippen LogP contribution in [0.2, 0.25) is 0 Å². The Morgan fingerprint density at radius 1 is 1.38 bits per heavy atom. The lowest BCUT2D eigenvalue weighted by Gasteiger charge is -2.22. The molecule has 1 saturated carbocycles. The van der Waals surface area contributed by atoms with E-state index in [4.69, 9.17) is 16.2 Å². The third-order valence-electron chi connectivity index (χ3n) is 3.58. The number of nitro groups is 1. The molecule has 2 unspecified atom stereocenters. The van der Waals surface area contributed by atoms with Crippen molar-refractivity contribution in [3.8, 4) is 5.88 Å². The van der Waals surface area contributed by atoms with Gasteiger partial charge in [0.2, 0.25) is 5.88 Å². The maximum absolute atomic E-state index is 11.4. The van der Waals surface area contributed by atoms with E-state index < -0.39 is 10.8 Å². The van der Waals surface area contributed by atoms with Gasteiger partial charge in [-0.15, -0.1) is 0 Å². The predicted molar refractivity (Wildman–Crippen MR) is 74.9 cm³/mol. The summed E-state index contributed by atoms with van der Waals surface area (Å²) in [5.74, 6) is -0.807. The molecule has 0 spiro atoms. The molecular formula is C13H18N4O4. The number of rotatable bonds is 4. The molecule has 1 aliphatic carbocycles. The summed E-state index contributed by atoms with van der Waals surface area (Å²) >= 11 is 0. The molecule has 1 amide bonds. The molecule has 114 valence electrons. The number of nitrogens with two attached hydrogens (primary N) is 2. The molecule has 8 heteroatoms. The minimum absolute atomic E-state index is 0.00968. The maximum Gasteiger partial charge on any atom is 0.288 e. The highest BCUT2D eigenvalue weighted by atomic mass is 16.6. The van der Waals surface area contributed by atoms with E-state index in [2.05, 4.69) is 4.98 Å². The van der Waals surface area contributed by atoms with Crippen molar-refractivity contribution >= 4 is 11.6 Å². The van der Waals surface area contributed by atoms with Crippen LogP contribution < -0.4 is 16.2 Å². The number of pyridine rings is 1. The van der Waals surface area contributed by atoms with Gasteiger partial charge in [-0.25, -0.2) is 4.98 Å². The molecule has 0 radical (unpaired) electrons. The fourth-order valence-corrected chi connectivity index (χ4v) is 2.40. The second-order valence-electron chi connectivity index (χ2n) is 5.13. The van der Waals surface area contributed by atoms with Crippen LogP contribution in [0.15, 0.2) is 12.3 Å². The largest absolute Gasteiger partial charge is 0.472 e. The molecule has 8 nitrogen and oxygen atoms in total. The van der Waals surface area contributed by atoms with Crippen molar-refractivity contribution in [2.45, 2.75) is 44.2 Å². The summed E-state index contributed by atoms with van der Waals surface area (Å²) in [6.07, 6.45) is 5.49. The molecule has 1 heterocycles. The van der Waals surface area contributed by atoms with Crippen molar-refractivity contribution in [2.75, 3.05) is 0 Å². The molecule has 1 aliphatic rings. The van der Waals surface area contributed by atoms with Crippen LogP contribution in [0, 0.1) is 10.1 Å². The van der Waals surface area contributed by atoms with E-state index in [9.17, 15) is 14.9 Å². The normalized spacial score (nSPS) is 22.3. The first-order valence-corrected chi connectivity index (χ1v) is 6.85. The number of aromatic nitrogens is 1. The van der Waals surface area contributed by atoms with Gasteiger partial charge in [-0.05, 0) is 19.3 Å². The number of amides is 1. The topological polar surface area (TPSA) is 134 Å². The Kier molecular flexibility index (Phi) is 4.69. The minimum Gasteiger partial charge on any atom is -0.472 e. The van der Waals surface area contributed by atoms with Crippen molar-refractivity contribution in [2.24, 2.45) is 11.5 Å². The lowest BCUT2D eigenvalue weighted by atomic mass is 10.1. The average Bonchev–Trinajstić information content (AvgIpc) is 2.64. The van der Waals surface area contributed by atoms with Gasteiger partial charge in [0.1, 0.15) is 17.9 Å². The van der Waals surface area contributed by atoms with Crippen LogP contribution in [0.25, 0.3) is 0 Å². The van der Waals surface area contributed by atoms with Crippen molar-refractivity contribution in [1.29, 1.82) is 0 Å². The van der Waals surface area contributed by atoms with E-state index in [-0.39, 0.29) is 29.3 Å². The molecule has 0 saturated heterocycles. The average molecular weight is 294 g/mol. The van der Waals surface area contributed by atoms with Gasteiger partial charge in [0.25, 0.3) is 11.6 Å². The van der Waals surface area contributed by atoms with E-state index in [0.29, 0.717) is 0 Å². The summed E-state index contributed by atoms with van der Waals surface area (Å²) in [5, 5.41) is 10.7. The van der Waals surface area contributed by atoms with Crippen LogP contribution in [-0.4, -0.2) is 28.0 Å². The van der Waals surface area contributed by atoms with Gasteiger partial charge in [0, 0.05) is 12.1 Å². The number of carbonyl (C=O) groups excluding carboxylic acids is 1. The molecule has 2 rings (SSSR count). The number of carbonyl (C=O) groups is 1. The van der Waals surface area contributed by atoms with E-state index in [1.807, 2.05) is 0 Å². The molecule has 0 aromatic carbocycles. The fourth-order valence-electron chi connectivity index (χ4n) is 2.40. The van der Waals surface area contributed by atoms with Crippen LogP contribution in [0.5, 0.6) is 5.88 Å². The van der Waals surface area contributed by atoms with E-state index >= 15 is 0 Å². The smallest absolute Gasteiger partial charge is 0.288 e. The first-order valence-electron chi connectivity index (χ1n) is 6.85. The number of ether oxygens (including phenoxy) is 1. The van der Waals surface area contributed by atoms with Gasteiger partial charge >= 0.3 is 0 Å². The van der Waals surface area contributed by atoms with Crippen LogP contribution in [0.3, 0.4) is 0 Å². The first-order chi connectivity index (χ1) is 9.99. The third kappa shape index (κ3) is 3.66. The molecular weight excluding hydrogens is 276 g/mol. The van der Waals surface area contributed by atoms with Gasteiger partial charge in [-0.1, -0.05) is 12.8 Å². The van der Waals surface area contributed by atoms with Crippen molar-refractivity contribution in [1.82, 2.24) is 4.98 Å². The second kappa shape index (κ2) is 6.49. The molecule has 1 aromatic heterocycles. The minimum atomic E-state index is -0.816. The van der Waals surface area contributed by atoms with Gasteiger partial charge in [-0.3, -0.25) is 14.9 Å². The zero-order chi connectivity index (χ0) is 15.4. The number of nitrogens with zero attached hydrogens (tertiary/aromatic N) is 2. The summed E-state index contributed by atoms with van der Waals surface area (Å²) in [7, 11) is 0. The van der Waals surface area contributed by atoms with Gasteiger partial charge in [-0.2, -0.15) is 0 Å². The Labute approximate surface area is 121 Å². The van der Waals surface area contributed by atoms with Crippen molar-refractivity contribution in [3.63, 3.8) is 0 Å². The van der Waals surface area contributed by atoms with Gasteiger partial charge < -0.3 is 16.2 Å². The lowest BCUT2D eigenvalue weighted by molar-refractivity contribution is -0.385. The van der Waals surface area contributed by atoms with E-state index in [1.54, 1.807) is 0 Å². The molecule has 0 aliphatic heterocycles. The summed E-state index contributed by atoms with van der Waals surface area (Å²) < 4.78 is 5.72. The van der Waals surface area contributed by atoms with E-state index in [0.717, 1.165) is 44.4 Å². The molecule has 21 heavy (non-hydrogen) atoms. The number of hydrogen-bond donors (Lipinski definition) is 2. The molecule has 4 N–H and O–H groups in total. The number of primary amides is 1. The SMILES string of the molecule is NC(=O)c1cc([N+](=O)[O-])cnc1OC1CCCCCC1N. The Morgan fingerprint density at radius 3 is 2.76 bits per heavy atom. The van der Waals surface area contributed by atoms with Crippen molar-refractivity contribution < 1.29 is 14.5 Å². The zero-order valence-electron chi connectivity index (χ0n) is 11.5. The number of hydrogen-bond acceptors (Lipinski definition) is 6. The standard InChI is InChI=1S/C13H18N4O4/c14-10-4-2-1-3-5-11(10)21-13-9(12(15)18)6-8(7-16-13)17(19)20/h6-7,10-11H,1-5,14H2,(H2,15,18). The molecule has 1 aromatic rings. The summed E-state index contributed by atoms with van der Waals surface area (Å²) in [6.45, 7) is 0. The van der Waals surface area contributed by atoms with Crippen LogP contribution in [-0.2, 0) is 0 Å². The molecule has 0 bridgehead atoms. The van der Waals surface area contributed by atoms with Gasteiger partial charge in [0.05, 0.1) is 4.92 Å². The highest BCUT2D eigenvalue weighted by Crippen LogP contribution is 2.25. The highest BCUT2D eigenvalue weighted by Gasteiger charge is 2.25. The van der Waals surface area contributed by atoms with Crippen LogP contribution >= 0.6 is 0 Å². The quantitative estimate of drug-likeness (QED) is 0.485. The monoisotopic (exact) mass is 294 g/mol. The summed E-state index contributed by atoms with van der Waals surface area (Å²) in [6, 6.07) is 0.928. The highest BCUT2D eigenvalue weighted by molar-refractivity contribution is 5.95. The van der Waals surface area contributed by atoms with E-state index in [1.165, 1.54) is 0 Å². The maximum atomic E-state index is 11.4. The Morgan fingerprint density at radius 2 is 2.10 bits per heavy atom. The third-order valence-corrected chi connectivity index (χ3v) is 3.58. The van der Waals surface area contributed by atoms with Crippen molar-refractivity contribution in [3.05, 3.63) is 27.9 Å². The lowest BCUT2D eigenvalue weighted by Crippen LogP contribution is -2.38. The molecule has 2 atom stereocenters. The molecule has 1 fully saturated rings. The predicted octanol–water partition coefficient (Wildman–Crippen LogP) is 1.13.